The summed E-state index contributed by atoms with van der Waals surface area (Å²) in [5, 5.41) is 14.7. The van der Waals surface area contributed by atoms with Gasteiger partial charge in [-0.05, 0) is 43.7 Å². The van der Waals surface area contributed by atoms with Crippen LogP contribution in [0.3, 0.4) is 0 Å². The number of ether oxygens (including phenoxy) is 1. The molecule has 1 aromatic carbocycles. The molecule has 0 saturated heterocycles. The fourth-order valence-electron chi connectivity index (χ4n) is 3.21. The first-order valence-corrected chi connectivity index (χ1v) is 9.24. The summed E-state index contributed by atoms with van der Waals surface area (Å²) in [6, 6.07) is 10.6. The van der Waals surface area contributed by atoms with Crippen molar-refractivity contribution in [2.75, 3.05) is 18.4 Å². The van der Waals surface area contributed by atoms with Gasteiger partial charge in [0.05, 0.1) is 6.54 Å². The van der Waals surface area contributed by atoms with Gasteiger partial charge in [0.2, 0.25) is 0 Å². The monoisotopic (exact) mass is 384 g/mol. The lowest BCUT2D eigenvalue weighted by molar-refractivity contribution is -0.139. The van der Waals surface area contributed by atoms with E-state index in [2.05, 4.69) is 15.6 Å². The summed E-state index contributed by atoms with van der Waals surface area (Å²) in [5.74, 6) is 0.448. The highest BCUT2D eigenvalue weighted by molar-refractivity contribution is 5.89. The molecule has 3 rings (SSSR count). The molecular formula is C20H24N4O4. The number of urea groups is 1. The van der Waals surface area contributed by atoms with Crippen LogP contribution in [0, 0.1) is 0 Å². The average Bonchev–Trinajstić information content (AvgIpc) is 2.63. The van der Waals surface area contributed by atoms with Gasteiger partial charge in [0.1, 0.15) is 11.5 Å². The van der Waals surface area contributed by atoms with Crippen molar-refractivity contribution in [1.29, 1.82) is 0 Å². The van der Waals surface area contributed by atoms with Gasteiger partial charge in [-0.15, -0.1) is 0 Å². The summed E-state index contributed by atoms with van der Waals surface area (Å²) in [7, 11) is 0. The van der Waals surface area contributed by atoms with Gasteiger partial charge in [-0.2, -0.15) is 0 Å². The van der Waals surface area contributed by atoms with Crippen molar-refractivity contribution in [3.63, 3.8) is 0 Å². The number of carbonyl (C=O) groups excluding carboxylic acids is 1. The molecule has 1 fully saturated rings. The van der Waals surface area contributed by atoms with E-state index in [0.717, 1.165) is 12.8 Å². The van der Waals surface area contributed by atoms with Gasteiger partial charge in [-0.1, -0.05) is 13.0 Å². The second-order valence-corrected chi connectivity index (χ2v) is 6.69. The molecule has 1 heterocycles. The number of nitrogens with zero attached hydrogens (tertiary/aromatic N) is 2. The van der Waals surface area contributed by atoms with E-state index in [1.807, 2.05) is 17.9 Å². The summed E-state index contributed by atoms with van der Waals surface area (Å²) in [4.78, 5) is 29.0. The number of aromatic nitrogens is 1. The minimum Gasteiger partial charge on any atom is -0.480 e. The van der Waals surface area contributed by atoms with Crippen molar-refractivity contribution in [2.24, 2.45) is 0 Å². The van der Waals surface area contributed by atoms with Crippen molar-refractivity contribution < 1.29 is 19.4 Å². The number of rotatable bonds is 8. The van der Waals surface area contributed by atoms with Crippen LogP contribution >= 0.6 is 0 Å². The third kappa shape index (κ3) is 5.43. The Hall–Kier alpha value is -3.13. The van der Waals surface area contributed by atoms with Gasteiger partial charge < -0.3 is 20.5 Å². The number of carboxylic acid groups (broad SMARTS) is 1. The molecule has 0 radical (unpaired) electrons. The maximum absolute atomic E-state index is 12.2. The predicted octanol–water partition coefficient (Wildman–Crippen LogP) is 2.93. The first kappa shape index (κ1) is 19.6. The molecule has 2 amide bonds. The number of anilines is 1. The zero-order chi connectivity index (χ0) is 19.9. The van der Waals surface area contributed by atoms with Crippen LogP contribution in [-0.4, -0.2) is 52.2 Å². The SMILES string of the molecule is CCN(CC(=O)O)C1CC(NC(=O)Nc2cccc(Oc3ccncc3)c2)C1. The zero-order valence-corrected chi connectivity index (χ0v) is 15.7. The van der Waals surface area contributed by atoms with Crippen LogP contribution in [0.5, 0.6) is 11.5 Å². The Balaban J connectivity index is 1.47. The Morgan fingerprint density at radius 2 is 1.96 bits per heavy atom. The third-order valence-electron chi connectivity index (χ3n) is 4.69. The molecule has 1 saturated carbocycles. The highest BCUT2D eigenvalue weighted by atomic mass is 16.5. The number of hydrogen-bond donors (Lipinski definition) is 3. The number of nitrogens with one attached hydrogen (secondary N) is 2. The number of likely N-dealkylation sites (N-methyl/N-ethyl adjacent to an activating group) is 1. The van der Waals surface area contributed by atoms with Crippen LogP contribution in [-0.2, 0) is 4.79 Å². The fourth-order valence-corrected chi connectivity index (χ4v) is 3.21. The highest BCUT2D eigenvalue weighted by Gasteiger charge is 2.34. The van der Waals surface area contributed by atoms with Crippen LogP contribution in [0.15, 0.2) is 48.8 Å². The van der Waals surface area contributed by atoms with Gasteiger partial charge in [-0.25, -0.2) is 4.79 Å². The van der Waals surface area contributed by atoms with E-state index in [1.54, 1.807) is 42.7 Å². The van der Waals surface area contributed by atoms with E-state index in [9.17, 15) is 9.59 Å². The van der Waals surface area contributed by atoms with Crippen molar-refractivity contribution >= 4 is 17.7 Å². The van der Waals surface area contributed by atoms with Gasteiger partial charge in [0, 0.05) is 36.2 Å². The Kier molecular flexibility index (Phi) is 6.44. The van der Waals surface area contributed by atoms with Gasteiger partial charge in [0.15, 0.2) is 0 Å². The largest absolute Gasteiger partial charge is 0.480 e. The van der Waals surface area contributed by atoms with Crippen molar-refractivity contribution in [2.45, 2.75) is 31.8 Å². The molecule has 0 spiro atoms. The number of hydrogen-bond acceptors (Lipinski definition) is 5. The molecule has 3 N–H and O–H groups in total. The molecule has 8 nitrogen and oxygen atoms in total. The number of pyridine rings is 1. The second kappa shape index (κ2) is 9.18. The smallest absolute Gasteiger partial charge is 0.319 e. The van der Waals surface area contributed by atoms with E-state index in [4.69, 9.17) is 9.84 Å². The molecular weight excluding hydrogens is 360 g/mol. The van der Waals surface area contributed by atoms with Crippen LogP contribution < -0.4 is 15.4 Å². The summed E-state index contributed by atoms with van der Waals surface area (Å²) < 4.78 is 5.73. The number of aliphatic carboxylic acids is 1. The highest BCUT2D eigenvalue weighted by Crippen LogP contribution is 2.26. The minimum atomic E-state index is -0.829. The molecule has 1 aliphatic carbocycles. The first-order chi connectivity index (χ1) is 13.5. The van der Waals surface area contributed by atoms with E-state index >= 15 is 0 Å². The van der Waals surface area contributed by atoms with Gasteiger partial charge in [-0.3, -0.25) is 14.7 Å². The molecule has 0 bridgehead atoms. The Morgan fingerprint density at radius 3 is 2.64 bits per heavy atom. The molecule has 28 heavy (non-hydrogen) atoms. The second-order valence-electron chi connectivity index (χ2n) is 6.69. The number of amides is 2. The predicted molar refractivity (Wildman–Crippen MR) is 105 cm³/mol. The van der Waals surface area contributed by atoms with Gasteiger partial charge >= 0.3 is 12.0 Å². The quantitative estimate of drug-likeness (QED) is 0.646. The standard InChI is InChI=1S/C20H24N4O4/c1-2-24(13-19(25)26)16-10-15(11-16)23-20(27)22-14-4-3-5-18(12-14)28-17-6-8-21-9-7-17/h3-9,12,15-16H,2,10-11,13H2,1H3,(H,25,26)(H2,22,23,27). The summed E-state index contributed by atoms with van der Waals surface area (Å²) in [6.07, 6.45) is 4.79. The van der Waals surface area contributed by atoms with Crippen LogP contribution in [0.2, 0.25) is 0 Å². The number of benzene rings is 1. The molecule has 0 unspecified atom stereocenters. The lowest BCUT2D eigenvalue weighted by Gasteiger charge is -2.42. The minimum absolute atomic E-state index is 0.0321. The van der Waals surface area contributed by atoms with Crippen molar-refractivity contribution in [3.8, 4) is 11.5 Å². The van der Waals surface area contributed by atoms with Crippen LogP contribution in [0.4, 0.5) is 10.5 Å². The van der Waals surface area contributed by atoms with Crippen LogP contribution in [0.25, 0.3) is 0 Å². The Bertz CT molecular complexity index is 809. The molecule has 1 aromatic heterocycles. The van der Waals surface area contributed by atoms with E-state index < -0.39 is 5.97 Å². The molecule has 8 heteroatoms. The van der Waals surface area contributed by atoms with Crippen LogP contribution in [0.1, 0.15) is 19.8 Å². The molecule has 1 aliphatic rings. The van der Waals surface area contributed by atoms with E-state index in [1.165, 1.54) is 0 Å². The normalized spacial score (nSPS) is 18.2. The third-order valence-corrected chi connectivity index (χ3v) is 4.69. The molecule has 0 atom stereocenters. The summed E-state index contributed by atoms with van der Waals surface area (Å²) in [5.41, 5.74) is 0.626. The molecule has 0 aliphatic heterocycles. The van der Waals surface area contributed by atoms with E-state index in [0.29, 0.717) is 23.7 Å². The topological polar surface area (TPSA) is 104 Å². The molecule has 148 valence electrons. The Labute approximate surface area is 163 Å². The number of carboxylic acids is 1. The zero-order valence-electron chi connectivity index (χ0n) is 15.7. The lowest BCUT2D eigenvalue weighted by atomic mass is 9.85. The first-order valence-electron chi connectivity index (χ1n) is 9.24. The Morgan fingerprint density at radius 1 is 1.21 bits per heavy atom. The van der Waals surface area contributed by atoms with Gasteiger partial charge in [0.25, 0.3) is 0 Å². The fraction of sp³-hybridized carbons (Fsp3) is 0.350. The van der Waals surface area contributed by atoms with Crippen molar-refractivity contribution in [3.05, 3.63) is 48.8 Å². The average molecular weight is 384 g/mol. The maximum Gasteiger partial charge on any atom is 0.319 e. The van der Waals surface area contributed by atoms with Crippen molar-refractivity contribution in [1.82, 2.24) is 15.2 Å². The summed E-state index contributed by atoms with van der Waals surface area (Å²) in [6.45, 7) is 2.65. The number of carbonyl (C=O) groups is 2. The molecule has 2 aromatic rings. The van der Waals surface area contributed by atoms with E-state index in [-0.39, 0.29) is 24.7 Å². The lowest BCUT2D eigenvalue weighted by Crippen LogP contribution is -2.55. The maximum atomic E-state index is 12.2. The summed E-state index contributed by atoms with van der Waals surface area (Å²) >= 11 is 0.